The van der Waals surface area contributed by atoms with Crippen LogP contribution in [0.25, 0.3) is 0 Å². The smallest absolute Gasteiger partial charge is 0.417 e. The van der Waals surface area contributed by atoms with Gasteiger partial charge in [-0.2, -0.15) is 26.3 Å². The second-order valence-electron chi connectivity index (χ2n) is 3.14. The lowest BCUT2D eigenvalue weighted by Gasteiger charge is -2.19. The molecule has 0 radical (unpaired) electrons. The minimum atomic E-state index is -5.32. The predicted molar refractivity (Wildman–Crippen MR) is 44.0 cm³/mol. The molecule has 2 N–H and O–H groups in total. The van der Waals surface area contributed by atoms with Crippen molar-refractivity contribution in [2.24, 2.45) is 0 Å². The molecule has 8 heteroatoms. The highest BCUT2D eigenvalue weighted by Crippen LogP contribution is 2.44. The van der Waals surface area contributed by atoms with E-state index >= 15 is 0 Å². The Morgan fingerprint density at radius 3 is 1.82 bits per heavy atom. The Morgan fingerprint density at radius 1 is 0.941 bits per heavy atom. The molecule has 0 aliphatic carbocycles. The molecule has 0 unspecified atom stereocenters. The number of benzene rings is 1. The Morgan fingerprint density at radius 2 is 1.47 bits per heavy atom. The van der Waals surface area contributed by atoms with E-state index in [0.717, 1.165) is 0 Å². The maximum atomic E-state index is 12.5. The van der Waals surface area contributed by atoms with Crippen LogP contribution in [0, 0.1) is 0 Å². The molecule has 0 aliphatic rings. The zero-order valence-corrected chi connectivity index (χ0v) is 8.02. The van der Waals surface area contributed by atoms with Gasteiger partial charge in [-0.05, 0) is 12.1 Å². The summed E-state index contributed by atoms with van der Waals surface area (Å²) in [5, 5.41) is 17.6. The summed E-state index contributed by atoms with van der Waals surface area (Å²) in [5.74, 6) is -1.03. The van der Waals surface area contributed by atoms with E-state index in [4.69, 9.17) is 10.2 Å². The fourth-order valence-corrected chi connectivity index (χ4v) is 1.36. The van der Waals surface area contributed by atoms with Gasteiger partial charge in [-0.1, -0.05) is 0 Å². The summed E-state index contributed by atoms with van der Waals surface area (Å²) >= 11 is 0. The Hall–Kier alpha value is -1.44. The van der Waals surface area contributed by atoms with E-state index in [2.05, 4.69) is 0 Å². The van der Waals surface area contributed by atoms with E-state index in [1.54, 1.807) is 0 Å². The minimum absolute atomic E-state index is 0.122. The normalized spacial score (nSPS) is 12.9. The average molecular weight is 260 g/mol. The summed E-state index contributed by atoms with van der Waals surface area (Å²) in [7, 11) is 0. The predicted octanol–water partition coefficient (Wildman–Crippen LogP) is 2.92. The molecular formula is C9H6F6O2. The molecule has 0 heterocycles. The molecule has 96 valence electrons. The second-order valence-corrected chi connectivity index (χ2v) is 3.14. The minimum Gasteiger partial charge on any atom is -0.508 e. The lowest BCUT2D eigenvalue weighted by Crippen LogP contribution is -2.19. The molecule has 1 aromatic carbocycles. The van der Waals surface area contributed by atoms with E-state index in [0.29, 0.717) is 6.07 Å². The van der Waals surface area contributed by atoms with Crippen LogP contribution in [0.2, 0.25) is 0 Å². The molecule has 0 aliphatic heterocycles. The van der Waals surface area contributed by atoms with Crippen LogP contribution in [-0.4, -0.2) is 10.2 Å². The molecule has 1 aromatic rings. The van der Waals surface area contributed by atoms with Crippen molar-refractivity contribution in [3.8, 4) is 5.75 Å². The quantitative estimate of drug-likeness (QED) is 0.762. The monoisotopic (exact) mass is 260 g/mol. The SMILES string of the molecule is OCc1c(O)ccc(C(F)(F)F)c1C(F)(F)F. The number of aliphatic hydroxyl groups is 1. The summed E-state index contributed by atoms with van der Waals surface area (Å²) in [5.41, 5.74) is -5.19. The van der Waals surface area contributed by atoms with Crippen molar-refractivity contribution in [1.29, 1.82) is 0 Å². The Kier molecular flexibility index (Phi) is 3.28. The number of aromatic hydroxyl groups is 1. The molecule has 0 saturated carbocycles. The Bertz CT molecular complexity index is 421. The third kappa shape index (κ3) is 2.63. The van der Waals surface area contributed by atoms with E-state index in [-0.39, 0.29) is 6.07 Å². The van der Waals surface area contributed by atoms with Crippen molar-refractivity contribution < 1.29 is 36.6 Å². The highest BCUT2D eigenvalue weighted by molar-refractivity contribution is 5.46. The molecule has 17 heavy (non-hydrogen) atoms. The first kappa shape index (κ1) is 13.6. The zero-order chi connectivity index (χ0) is 13.4. The van der Waals surface area contributed by atoms with Crippen LogP contribution in [0.5, 0.6) is 5.75 Å². The fraction of sp³-hybridized carbons (Fsp3) is 0.333. The molecule has 2 nitrogen and oxygen atoms in total. The van der Waals surface area contributed by atoms with Gasteiger partial charge in [-0.25, -0.2) is 0 Å². The van der Waals surface area contributed by atoms with Crippen molar-refractivity contribution >= 4 is 0 Å². The van der Waals surface area contributed by atoms with Gasteiger partial charge < -0.3 is 10.2 Å². The number of rotatable bonds is 1. The topological polar surface area (TPSA) is 40.5 Å². The van der Waals surface area contributed by atoms with Crippen LogP contribution in [-0.2, 0) is 19.0 Å². The van der Waals surface area contributed by atoms with E-state index in [1.165, 1.54) is 0 Å². The summed E-state index contributed by atoms with van der Waals surface area (Å²) < 4.78 is 74.5. The Balaban J connectivity index is 3.64. The lowest BCUT2D eigenvalue weighted by molar-refractivity contribution is -0.163. The van der Waals surface area contributed by atoms with Crippen LogP contribution >= 0.6 is 0 Å². The van der Waals surface area contributed by atoms with Crippen molar-refractivity contribution in [2.75, 3.05) is 0 Å². The van der Waals surface area contributed by atoms with E-state index in [1.807, 2.05) is 0 Å². The molecule has 0 amide bonds. The molecule has 0 aromatic heterocycles. The van der Waals surface area contributed by atoms with Crippen LogP contribution in [0.3, 0.4) is 0 Å². The van der Waals surface area contributed by atoms with Gasteiger partial charge in [0.1, 0.15) is 5.75 Å². The van der Waals surface area contributed by atoms with Crippen molar-refractivity contribution in [3.63, 3.8) is 0 Å². The molecule has 0 saturated heterocycles. The van der Waals surface area contributed by atoms with Gasteiger partial charge in [0.25, 0.3) is 0 Å². The van der Waals surface area contributed by atoms with Gasteiger partial charge in [0.2, 0.25) is 0 Å². The van der Waals surface area contributed by atoms with Crippen LogP contribution in [0.4, 0.5) is 26.3 Å². The van der Waals surface area contributed by atoms with E-state index in [9.17, 15) is 26.3 Å². The summed E-state index contributed by atoms with van der Waals surface area (Å²) in [6.07, 6.45) is -10.5. The van der Waals surface area contributed by atoms with Gasteiger partial charge >= 0.3 is 12.4 Å². The largest absolute Gasteiger partial charge is 0.508 e. The summed E-state index contributed by atoms with van der Waals surface area (Å²) in [4.78, 5) is 0. The highest BCUT2D eigenvalue weighted by Gasteiger charge is 2.45. The van der Waals surface area contributed by atoms with Crippen LogP contribution < -0.4 is 0 Å². The Labute approximate surface area is 91.1 Å². The molecule has 0 spiro atoms. The second kappa shape index (κ2) is 4.10. The zero-order valence-electron chi connectivity index (χ0n) is 8.02. The fourth-order valence-electron chi connectivity index (χ4n) is 1.36. The third-order valence-electron chi connectivity index (χ3n) is 2.04. The average Bonchev–Trinajstić information content (AvgIpc) is 2.13. The lowest BCUT2D eigenvalue weighted by atomic mass is 9.99. The van der Waals surface area contributed by atoms with Crippen molar-refractivity contribution in [2.45, 2.75) is 19.0 Å². The molecule has 0 atom stereocenters. The number of halogens is 6. The van der Waals surface area contributed by atoms with Crippen LogP contribution in [0.15, 0.2) is 12.1 Å². The molecule has 1 rings (SSSR count). The van der Waals surface area contributed by atoms with Crippen LogP contribution in [0.1, 0.15) is 16.7 Å². The maximum absolute atomic E-state index is 12.5. The van der Waals surface area contributed by atoms with Gasteiger partial charge in [0, 0.05) is 5.56 Å². The number of aliphatic hydroxyl groups excluding tert-OH is 1. The number of phenols is 1. The van der Waals surface area contributed by atoms with Gasteiger partial charge in [0.15, 0.2) is 0 Å². The number of hydrogen-bond acceptors (Lipinski definition) is 2. The first-order chi connectivity index (χ1) is 7.59. The summed E-state index contributed by atoms with van der Waals surface area (Å²) in [6.45, 7) is -1.34. The first-order valence-electron chi connectivity index (χ1n) is 4.19. The molecular weight excluding hydrogens is 254 g/mol. The molecule has 0 fully saturated rings. The molecule has 0 bridgehead atoms. The maximum Gasteiger partial charge on any atom is 0.417 e. The van der Waals surface area contributed by atoms with Crippen molar-refractivity contribution in [3.05, 3.63) is 28.8 Å². The van der Waals surface area contributed by atoms with Gasteiger partial charge in [-0.15, -0.1) is 0 Å². The number of alkyl halides is 6. The van der Waals surface area contributed by atoms with Gasteiger partial charge in [-0.3, -0.25) is 0 Å². The highest BCUT2D eigenvalue weighted by atomic mass is 19.4. The summed E-state index contributed by atoms with van der Waals surface area (Å²) in [6, 6.07) is 0.584. The van der Waals surface area contributed by atoms with Gasteiger partial charge in [0.05, 0.1) is 17.7 Å². The van der Waals surface area contributed by atoms with E-state index < -0.39 is 41.4 Å². The first-order valence-corrected chi connectivity index (χ1v) is 4.19. The standard InChI is InChI=1S/C9H6F6O2/c10-8(11,12)5-1-2-6(17)4(3-16)7(5)9(13,14)15/h1-2,16-17H,3H2. The number of hydrogen-bond donors (Lipinski definition) is 2. The van der Waals surface area contributed by atoms with Crippen molar-refractivity contribution in [1.82, 2.24) is 0 Å². The third-order valence-corrected chi connectivity index (χ3v) is 2.04.